The Kier molecular flexibility index (Phi) is 8.12. The maximum atomic E-state index is 5.49. The molecule has 3 heterocycles. The van der Waals surface area contributed by atoms with Gasteiger partial charge in [-0.25, -0.2) is 15.0 Å². The zero-order valence-corrected chi connectivity index (χ0v) is 36.3. The molecule has 66 heavy (non-hydrogen) atoms. The van der Waals surface area contributed by atoms with E-state index in [1.807, 2.05) is 11.3 Å². The molecule has 306 valence electrons. The van der Waals surface area contributed by atoms with Gasteiger partial charge in [0, 0.05) is 47.6 Å². The summed E-state index contributed by atoms with van der Waals surface area (Å²) in [6.07, 6.45) is 0. The van der Waals surface area contributed by atoms with E-state index in [-0.39, 0.29) is 0 Å². The fraction of sp³-hybridized carbons (Fsp3) is 0. The standard InChI is InChI=1S/C61H36N4S/c1-2-12-37(13-3-1)39-22-25-41(26-23-39)59-62-60(47-27-24-38-14-4-5-16-42(38)32-47)64-61(63-59)49-29-31-54-57(51-34-44-18-7-9-20-46(44)36-55(51)66-54)58(49)65-52-30-28-40-15-10-11-21-48(40)56(52)50-33-43-17-6-8-19-45(43)35-53(50)65/h1-36H. The van der Waals surface area contributed by atoms with E-state index in [0.29, 0.717) is 17.5 Å². The fourth-order valence-corrected chi connectivity index (χ4v) is 11.3. The molecule has 4 nitrogen and oxygen atoms in total. The van der Waals surface area contributed by atoms with E-state index < -0.39 is 0 Å². The number of aromatic nitrogens is 4. The van der Waals surface area contributed by atoms with Crippen molar-refractivity contribution in [3.05, 3.63) is 218 Å². The Bertz CT molecular complexity index is 4280. The topological polar surface area (TPSA) is 43.6 Å². The minimum Gasteiger partial charge on any atom is -0.308 e. The lowest BCUT2D eigenvalue weighted by Gasteiger charge is -2.17. The molecule has 5 heteroatoms. The van der Waals surface area contributed by atoms with Gasteiger partial charge in [-0.15, -0.1) is 11.3 Å². The first-order chi connectivity index (χ1) is 32.7. The van der Waals surface area contributed by atoms with Gasteiger partial charge in [-0.05, 0) is 103 Å². The average Bonchev–Trinajstić information content (AvgIpc) is 3.91. The van der Waals surface area contributed by atoms with Crippen molar-refractivity contribution in [2.45, 2.75) is 0 Å². The number of hydrogen-bond acceptors (Lipinski definition) is 4. The number of hydrogen-bond donors (Lipinski definition) is 0. The van der Waals surface area contributed by atoms with Gasteiger partial charge in [-0.2, -0.15) is 0 Å². The van der Waals surface area contributed by atoms with Crippen molar-refractivity contribution in [1.82, 2.24) is 19.5 Å². The number of thiophene rings is 1. The third kappa shape index (κ3) is 5.80. The van der Waals surface area contributed by atoms with Gasteiger partial charge in [0.15, 0.2) is 17.5 Å². The van der Waals surface area contributed by atoms with Crippen molar-refractivity contribution < 1.29 is 0 Å². The molecule has 0 aliphatic heterocycles. The smallest absolute Gasteiger partial charge is 0.166 e. The fourth-order valence-electron chi connectivity index (χ4n) is 10.2. The molecule has 0 aliphatic rings. The quantitative estimate of drug-likeness (QED) is 0.173. The summed E-state index contributed by atoms with van der Waals surface area (Å²) in [5, 5.41) is 14.4. The highest BCUT2D eigenvalue weighted by molar-refractivity contribution is 7.26. The lowest BCUT2D eigenvalue weighted by atomic mass is 10.0. The van der Waals surface area contributed by atoms with Crippen molar-refractivity contribution in [2.75, 3.05) is 0 Å². The predicted octanol–water partition coefficient (Wildman–Crippen LogP) is 16.6. The van der Waals surface area contributed by atoms with Crippen LogP contribution in [0.25, 0.3) is 136 Å². The van der Waals surface area contributed by atoms with Crippen LogP contribution in [0.3, 0.4) is 0 Å². The van der Waals surface area contributed by atoms with Gasteiger partial charge in [0.1, 0.15) is 0 Å². The molecule has 0 saturated heterocycles. The molecule has 0 fully saturated rings. The molecular formula is C61H36N4S. The van der Waals surface area contributed by atoms with Gasteiger partial charge >= 0.3 is 0 Å². The highest BCUT2D eigenvalue weighted by Gasteiger charge is 2.25. The summed E-state index contributed by atoms with van der Waals surface area (Å²) in [4.78, 5) is 16.3. The van der Waals surface area contributed by atoms with E-state index in [1.165, 1.54) is 68.6 Å². The minimum absolute atomic E-state index is 0.615. The van der Waals surface area contributed by atoms with Crippen molar-refractivity contribution in [3.63, 3.8) is 0 Å². The zero-order chi connectivity index (χ0) is 43.3. The highest BCUT2D eigenvalue weighted by atomic mass is 32.1. The Balaban J connectivity index is 1.12. The molecule has 0 aliphatic carbocycles. The Labute approximate surface area is 383 Å². The van der Waals surface area contributed by atoms with Crippen LogP contribution in [0.1, 0.15) is 0 Å². The summed E-state index contributed by atoms with van der Waals surface area (Å²) in [5.74, 6) is 1.86. The van der Waals surface area contributed by atoms with Crippen LogP contribution >= 0.6 is 11.3 Å². The summed E-state index contributed by atoms with van der Waals surface area (Å²) in [5.41, 5.74) is 8.41. The Morgan fingerprint density at radius 3 is 1.61 bits per heavy atom. The van der Waals surface area contributed by atoms with Crippen molar-refractivity contribution in [3.8, 4) is 51.0 Å². The van der Waals surface area contributed by atoms with Crippen molar-refractivity contribution in [1.29, 1.82) is 0 Å². The Morgan fingerprint density at radius 2 is 0.848 bits per heavy atom. The highest BCUT2D eigenvalue weighted by Crippen LogP contribution is 2.47. The summed E-state index contributed by atoms with van der Waals surface area (Å²) >= 11 is 1.84. The van der Waals surface area contributed by atoms with Gasteiger partial charge in [0.25, 0.3) is 0 Å². The summed E-state index contributed by atoms with van der Waals surface area (Å²) in [6, 6.07) is 78.8. The second-order valence-electron chi connectivity index (χ2n) is 17.2. The predicted molar refractivity (Wildman–Crippen MR) is 279 cm³/mol. The van der Waals surface area contributed by atoms with Crippen LogP contribution in [0.5, 0.6) is 0 Å². The molecule has 0 atom stereocenters. The van der Waals surface area contributed by atoms with E-state index in [1.54, 1.807) is 0 Å². The number of rotatable bonds is 5. The lowest BCUT2D eigenvalue weighted by molar-refractivity contribution is 1.07. The van der Waals surface area contributed by atoms with E-state index in [0.717, 1.165) is 49.9 Å². The molecule has 0 unspecified atom stereocenters. The van der Waals surface area contributed by atoms with Crippen LogP contribution in [0, 0.1) is 0 Å². The molecular weight excluding hydrogens is 821 g/mol. The van der Waals surface area contributed by atoms with Crippen molar-refractivity contribution >= 4 is 96.4 Å². The van der Waals surface area contributed by atoms with Gasteiger partial charge in [-0.1, -0.05) is 170 Å². The van der Waals surface area contributed by atoms with Gasteiger partial charge < -0.3 is 4.57 Å². The molecule has 0 spiro atoms. The third-order valence-electron chi connectivity index (χ3n) is 13.4. The molecule has 0 bridgehead atoms. The van der Waals surface area contributed by atoms with E-state index in [9.17, 15) is 0 Å². The van der Waals surface area contributed by atoms with Gasteiger partial charge in [0.2, 0.25) is 0 Å². The summed E-state index contributed by atoms with van der Waals surface area (Å²) < 4.78 is 4.96. The third-order valence-corrected chi connectivity index (χ3v) is 14.5. The van der Waals surface area contributed by atoms with Crippen LogP contribution in [0.4, 0.5) is 0 Å². The normalized spacial score (nSPS) is 11.9. The lowest BCUT2D eigenvalue weighted by Crippen LogP contribution is -2.04. The molecule has 11 aromatic carbocycles. The number of nitrogens with zero attached hydrogens (tertiary/aromatic N) is 4. The van der Waals surface area contributed by atoms with E-state index in [2.05, 4.69) is 223 Å². The monoisotopic (exact) mass is 856 g/mol. The molecule has 3 aromatic heterocycles. The largest absolute Gasteiger partial charge is 0.308 e. The molecule has 0 amide bonds. The van der Waals surface area contributed by atoms with E-state index in [4.69, 9.17) is 15.0 Å². The Morgan fingerprint density at radius 1 is 0.303 bits per heavy atom. The summed E-state index contributed by atoms with van der Waals surface area (Å²) in [7, 11) is 0. The molecule has 14 aromatic rings. The minimum atomic E-state index is 0.615. The van der Waals surface area contributed by atoms with Crippen LogP contribution in [-0.2, 0) is 0 Å². The van der Waals surface area contributed by atoms with Crippen LogP contribution in [0.2, 0.25) is 0 Å². The van der Waals surface area contributed by atoms with Crippen LogP contribution in [-0.4, -0.2) is 19.5 Å². The molecule has 14 rings (SSSR count). The van der Waals surface area contributed by atoms with Crippen molar-refractivity contribution in [2.24, 2.45) is 0 Å². The van der Waals surface area contributed by atoms with Crippen LogP contribution in [0.15, 0.2) is 218 Å². The SMILES string of the molecule is c1ccc(-c2ccc(-c3nc(-c4ccc5ccccc5c4)nc(-c4ccc5sc6cc7ccccc7cc6c5c4-n4c5cc6ccccc6cc5c5c6ccccc6ccc54)n3)cc2)cc1. The molecule has 0 radical (unpaired) electrons. The van der Waals surface area contributed by atoms with Gasteiger partial charge in [0.05, 0.1) is 16.7 Å². The average molecular weight is 857 g/mol. The second kappa shape index (κ2) is 14.5. The first-order valence-corrected chi connectivity index (χ1v) is 23.1. The number of benzene rings is 11. The molecule has 0 saturated carbocycles. The first kappa shape index (κ1) is 36.9. The second-order valence-corrected chi connectivity index (χ2v) is 18.3. The Hall–Kier alpha value is -8.51. The summed E-state index contributed by atoms with van der Waals surface area (Å²) in [6.45, 7) is 0. The first-order valence-electron chi connectivity index (χ1n) is 22.3. The maximum absolute atomic E-state index is 5.49. The van der Waals surface area contributed by atoms with E-state index >= 15 is 0 Å². The number of fused-ring (bicyclic) bond motifs is 11. The molecule has 0 N–H and O–H groups in total. The maximum Gasteiger partial charge on any atom is 0.166 e. The van der Waals surface area contributed by atoms with Gasteiger partial charge in [-0.3, -0.25) is 0 Å². The van der Waals surface area contributed by atoms with Crippen LogP contribution < -0.4 is 0 Å². The zero-order valence-electron chi connectivity index (χ0n) is 35.5.